The zero-order valence-electron chi connectivity index (χ0n) is 10.8. The van der Waals surface area contributed by atoms with Crippen molar-refractivity contribution in [3.8, 4) is 0 Å². The van der Waals surface area contributed by atoms with Gasteiger partial charge in [0.05, 0.1) is 6.54 Å². The highest BCUT2D eigenvalue weighted by Gasteiger charge is 2.33. The first kappa shape index (κ1) is 16.7. The van der Waals surface area contributed by atoms with Crippen LogP contribution in [0.5, 0.6) is 0 Å². The third kappa shape index (κ3) is 5.33. The van der Waals surface area contributed by atoms with E-state index in [0.717, 1.165) is 16.7 Å². The van der Waals surface area contributed by atoms with Crippen molar-refractivity contribution in [1.29, 1.82) is 0 Å². The second-order valence-electron chi connectivity index (χ2n) is 4.07. The number of nitrogens with zero attached hydrogens (tertiary/aromatic N) is 1. The summed E-state index contributed by atoms with van der Waals surface area (Å²) in [6.45, 7) is 1.75. The van der Waals surface area contributed by atoms with E-state index in [4.69, 9.17) is 5.11 Å². The van der Waals surface area contributed by atoms with E-state index in [0.29, 0.717) is 12.8 Å². The Labute approximate surface area is 118 Å². The summed E-state index contributed by atoms with van der Waals surface area (Å²) in [6.07, 6.45) is -3.38. The molecule has 1 rings (SSSR count). The van der Waals surface area contributed by atoms with Gasteiger partial charge in [-0.2, -0.15) is 13.2 Å². The summed E-state index contributed by atoms with van der Waals surface area (Å²) in [4.78, 5) is 14.9. The summed E-state index contributed by atoms with van der Waals surface area (Å²) in [5.41, 5.74) is -0.952. The first-order valence-corrected chi connectivity index (χ1v) is 6.91. The van der Waals surface area contributed by atoms with Crippen LogP contribution in [-0.4, -0.2) is 28.8 Å². The minimum atomic E-state index is -4.47. The van der Waals surface area contributed by atoms with Gasteiger partial charge in [0, 0.05) is 18.0 Å². The number of aromatic nitrogens is 1. The summed E-state index contributed by atoms with van der Waals surface area (Å²) in [7, 11) is 0. The molecule has 0 radical (unpaired) electrons. The molecule has 0 aliphatic rings. The molecular weight excluding hydrogens is 295 g/mol. The number of urea groups is 1. The molecule has 1 unspecified atom stereocenters. The van der Waals surface area contributed by atoms with E-state index < -0.39 is 17.9 Å². The van der Waals surface area contributed by atoms with E-state index in [1.807, 2.05) is 6.92 Å². The Morgan fingerprint density at radius 1 is 1.55 bits per heavy atom. The zero-order chi connectivity index (χ0) is 15.2. The van der Waals surface area contributed by atoms with Gasteiger partial charge in [0.25, 0.3) is 0 Å². The van der Waals surface area contributed by atoms with Crippen LogP contribution in [0.25, 0.3) is 0 Å². The highest BCUT2D eigenvalue weighted by atomic mass is 32.1. The molecule has 1 atom stereocenters. The molecule has 0 aromatic carbocycles. The lowest BCUT2D eigenvalue weighted by atomic mass is 10.2. The lowest BCUT2D eigenvalue weighted by molar-refractivity contribution is -0.140. The lowest BCUT2D eigenvalue weighted by Crippen LogP contribution is -2.41. The van der Waals surface area contributed by atoms with Crippen LogP contribution in [0.4, 0.5) is 18.0 Å². The largest absolute Gasteiger partial charge is 0.434 e. The molecule has 0 fully saturated rings. The fraction of sp³-hybridized carbons (Fsp3) is 0.636. The maximum absolute atomic E-state index is 12.3. The summed E-state index contributed by atoms with van der Waals surface area (Å²) in [5.74, 6) is 0. The predicted octanol–water partition coefficient (Wildman–Crippen LogP) is 2.12. The zero-order valence-corrected chi connectivity index (χ0v) is 11.6. The lowest BCUT2D eigenvalue weighted by Gasteiger charge is -2.15. The number of nitrogens with one attached hydrogen (secondary N) is 2. The van der Waals surface area contributed by atoms with Crippen LogP contribution in [-0.2, 0) is 12.7 Å². The first-order chi connectivity index (χ1) is 9.36. The number of alkyl halides is 3. The number of aliphatic hydroxyl groups excluding tert-OH is 1. The number of amides is 2. The van der Waals surface area contributed by atoms with E-state index in [-0.39, 0.29) is 24.2 Å². The number of rotatable bonds is 6. The van der Waals surface area contributed by atoms with Crippen molar-refractivity contribution in [2.45, 2.75) is 38.5 Å². The average Bonchev–Trinajstić information content (AvgIpc) is 2.84. The van der Waals surface area contributed by atoms with Gasteiger partial charge < -0.3 is 15.7 Å². The van der Waals surface area contributed by atoms with Crippen LogP contribution in [0.2, 0.25) is 0 Å². The number of carbonyl (C=O) groups is 1. The van der Waals surface area contributed by atoms with E-state index in [1.54, 1.807) is 0 Å². The van der Waals surface area contributed by atoms with Gasteiger partial charge in [-0.3, -0.25) is 0 Å². The molecule has 114 valence electrons. The summed E-state index contributed by atoms with van der Waals surface area (Å²) < 4.78 is 37.0. The quantitative estimate of drug-likeness (QED) is 0.753. The Kier molecular flexibility index (Phi) is 6.21. The van der Waals surface area contributed by atoms with E-state index in [9.17, 15) is 18.0 Å². The molecule has 0 bridgehead atoms. The van der Waals surface area contributed by atoms with Gasteiger partial charge in [-0.05, 0) is 12.8 Å². The number of aliphatic hydroxyl groups is 1. The number of thiazole rings is 1. The van der Waals surface area contributed by atoms with Gasteiger partial charge in [-0.15, -0.1) is 11.3 Å². The second-order valence-corrected chi connectivity index (χ2v) is 5.01. The van der Waals surface area contributed by atoms with Crippen LogP contribution < -0.4 is 10.6 Å². The van der Waals surface area contributed by atoms with Crippen LogP contribution >= 0.6 is 11.3 Å². The van der Waals surface area contributed by atoms with E-state index >= 15 is 0 Å². The molecule has 2 amide bonds. The Bertz CT molecular complexity index is 437. The van der Waals surface area contributed by atoms with Gasteiger partial charge in [-0.25, -0.2) is 9.78 Å². The number of halogens is 3. The third-order valence-electron chi connectivity index (χ3n) is 2.55. The predicted molar refractivity (Wildman–Crippen MR) is 68.3 cm³/mol. The number of carbonyl (C=O) groups excluding carboxylic acids is 1. The minimum Gasteiger partial charge on any atom is -0.396 e. The molecule has 0 aliphatic carbocycles. The molecule has 0 saturated carbocycles. The van der Waals surface area contributed by atoms with Crippen molar-refractivity contribution < 1.29 is 23.1 Å². The molecule has 20 heavy (non-hydrogen) atoms. The normalized spacial score (nSPS) is 13.1. The number of hydrogen-bond acceptors (Lipinski definition) is 4. The average molecular weight is 311 g/mol. The summed E-state index contributed by atoms with van der Waals surface area (Å²) in [5, 5.41) is 14.9. The highest BCUT2D eigenvalue weighted by molar-refractivity contribution is 7.09. The molecule has 0 saturated heterocycles. The van der Waals surface area contributed by atoms with E-state index in [1.165, 1.54) is 0 Å². The molecule has 1 aromatic rings. The second kappa shape index (κ2) is 7.44. The molecule has 0 spiro atoms. The molecule has 1 heterocycles. The fourth-order valence-corrected chi connectivity index (χ4v) is 2.19. The Morgan fingerprint density at radius 2 is 2.25 bits per heavy atom. The molecule has 5 nitrogen and oxygen atoms in total. The van der Waals surface area contributed by atoms with Crippen molar-refractivity contribution in [1.82, 2.24) is 15.6 Å². The smallest absolute Gasteiger partial charge is 0.396 e. The van der Waals surface area contributed by atoms with Gasteiger partial charge in [0.1, 0.15) is 5.01 Å². The number of hydrogen-bond donors (Lipinski definition) is 3. The Balaban J connectivity index is 2.43. The highest BCUT2D eigenvalue weighted by Crippen LogP contribution is 2.29. The van der Waals surface area contributed by atoms with Gasteiger partial charge >= 0.3 is 12.2 Å². The van der Waals surface area contributed by atoms with Crippen molar-refractivity contribution in [3.05, 3.63) is 16.1 Å². The first-order valence-electron chi connectivity index (χ1n) is 6.03. The standard InChI is InChI=1S/C11H16F3N3O2S/c1-2-7(3-4-18)16-10(19)15-5-9-17-8(6-20-9)11(12,13)14/h6-7,18H,2-5H2,1H3,(H2,15,16,19). The Hall–Kier alpha value is -1.35. The summed E-state index contributed by atoms with van der Waals surface area (Å²) in [6, 6.07) is -0.656. The van der Waals surface area contributed by atoms with Crippen LogP contribution in [0.3, 0.4) is 0 Å². The van der Waals surface area contributed by atoms with Crippen LogP contribution in [0.1, 0.15) is 30.5 Å². The molecule has 3 N–H and O–H groups in total. The molecule has 0 aliphatic heterocycles. The maximum atomic E-state index is 12.3. The molecule has 9 heteroatoms. The third-order valence-corrected chi connectivity index (χ3v) is 3.40. The maximum Gasteiger partial charge on any atom is 0.434 e. The van der Waals surface area contributed by atoms with Gasteiger partial charge in [-0.1, -0.05) is 6.92 Å². The summed E-state index contributed by atoms with van der Waals surface area (Å²) >= 11 is 0.840. The molecule has 1 aromatic heterocycles. The van der Waals surface area contributed by atoms with Crippen molar-refractivity contribution in [2.24, 2.45) is 0 Å². The monoisotopic (exact) mass is 311 g/mol. The Morgan fingerprint density at radius 3 is 2.75 bits per heavy atom. The molecular formula is C11H16F3N3O2S. The van der Waals surface area contributed by atoms with Crippen LogP contribution in [0.15, 0.2) is 5.38 Å². The topological polar surface area (TPSA) is 74.2 Å². The minimum absolute atomic E-state index is 0.0415. The van der Waals surface area contributed by atoms with Crippen molar-refractivity contribution >= 4 is 17.4 Å². The van der Waals surface area contributed by atoms with Gasteiger partial charge in [0.15, 0.2) is 5.69 Å². The van der Waals surface area contributed by atoms with Crippen molar-refractivity contribution in [2.75, 3.05) is 6.61 Å². The van der Waals surface area contributed by atoms with Gasteiger partial charge in [0.2, 0.25) is 0 Å². The fourth-order valence-electron chi connectivity index (χ4n) is 1.45. The van der Waals surface area contributed by atoms with E-state index in [2.05, 4.69) is 15.6 Å². The van der Waals surface area contributed by atoms with Crippen LogP contribution in [0, 0.1) is 0 Å². The SMILES string of the molecule is CCC(CCO)NC(=O)NCc1nc(C(F)(F)F)cs1. The van der Waals surface area contributed by atoms with Crippen molar-refractivity contribution in [3.63, 3.8) is 0 Å².